The van der Waals surface area contributed by atoms with Gasteiger partial charge in [0.1, 0.15) is 0 Å². The second-order valence-corrected chi connectivity index (χ2v) is 4.31. The Hall–Kier alpha value is -2.37. The zero-order valence-corrected chi connectivity index (χ0v) is 10.5. The first-order valence-corrected chi connectivity index (χ1v) is 6.16. The predicted octanol–water partition coefficient (Wildman–Crippen LogP) is 0.449. The van der Waals surface area contributed by atoms with Crippen molar-refractivity contribution >= 4 is 17.7 Å². The summed E-state index contributed by atoms with van der Waals surface area (Å²) in [6, 6.07) is 0. The summed E-state index contributed by atoms with van der Waals surface area (Å²) in [7, 11) is 0. The highest BCUT2D eigenvalue weighted by atomic mass is 16.5. The van der Waals surface area contributed by atoms with Gasteiger partial charge in [0, 0.05) is 36.5 Å². The summed E-state index contributed by atoms with van der Waals surface area (Å²) in [5.41, 5.74) is 2.51. The number of esters is 1. The third kappa shape index (κ3) is 1.85. The van der Waals surface area contributed by atoms with Crippen molar-refractivity contribution < 1.29 is 14.3 Å². The van der Waals surface area contributed by atoms with Crippen LogP contribution in [0.15, 0.2) is 40.3 Å². The fourth-order valence-corrected chi connectivity index (χ4v) is 2.38. The Morgan fingerprint density at radius 3 is 3.16 bits per heavy atom. The zero-order valence-electron chi connectivity index (χ0n) is 10.5. The van der Waals surface area contributed by atoms with E-state index in [0.717, 1.165) is 17.0 Å². The van der Waals surface area contributed by atoms with Crippen LogP contribution < -0.4 is 5.32 Å². The standard InChI is InChI=1S/C13H13N3O3/c1-2-19-13(18)12-14-7-8-3-4-10(17)15-9-5-6-16(12)11(8)9/h3-4,7H,2,5-6H2,1H3,(H,15,17). The minimum absolute atomic E-state index is 0.155. The molecule has 3 aliphatic rings. The molecule has 19 heavy (non-hydrogen) atoms. The lowest BCUT2D eigenvalue weighted by Gasteiger charge is -2.25. The molecule has 0 saturated heterocycles. The second-order valence-electron chi connectivity index (χ2n) is 4.31. The summed E-state index contributed by atoms with van der Waals surface area (Å²) in [5.74, 6) is -0.316. The third-order valence-corrected chi connectivity index (χ3v) is 3.14. The molecule has 0 spiro atoms. The first-order chi connectivity index (χ1) is 9.20. The second kappa shape index (κ2) is 4.38. The van der Waals surface area contributed by atoms with Crippen molar-refractivity contribution in [1.82, 2.24) is 10.2 Å². The molecule has 0 unspecified atom stereocenters. The molecule has 0 saturated carbocycles. The Bertz CT molecular complexity index is 584. The smallest absolute Gasteiger partial charge is 0.374 e. The Morgan fingerprint density at radius 1 is 1.53 bits per heavy atom. The molecule has 0 radical (unpaired) electrons. The quantitative estimate of drug-likeness (QED) is 0.731. The van der Waals surface area contributed by atoms with E-state index in [9.17, 15) is 9.59 Å². The number of amides is 1. The maximum absolute atomic E-state index is 11.9. The largest absolute Gasteiger partial charge is 0.460 e. The number of carbonyl (C=O) groups is 2. The van der Waals surface area contributed by atoms with Crippen LogP contribution in [0.5, 0.6) is 0 Å². The van der Waals surface area contributed by atoms with Gasteiger partial charge in [-0.1, -0.05) is 0 Å². The lowest BCUT2D eigenvalue weighted by atomic mass is 10.1. The number of allylic oxidation sites excluding steroid dienone is 1. The molecule has 0 fully saturated rings. The lowest BCUT2D eigenvalue weighted by molar-refractivity contribution is -0.135. The van der Waals surface area contributed by atoms with E-state index in [2.05, 4.69) is 10.3 Å². The Balaban J connectivity index is 2.02. The number of hydrogen-bond donors (Lipinski definition) is 1. The van der Waals surface area contributed by atoms with Crippen molar-refractivity contribution in [3.63, 3.8) is 0 Å². The number of aliphatic imine (C=N–C) groups is 1. The number of rotatable bonds is 2. The number of amidine groups is 1. The minimum atomic E-state index is -0.439. The summed E-state index contributed by atoms with van der Waals surface area (Å²) in [4.78, 5) is 29.3. The van der Waals surface area contributed by atoms with Crippen LogP contribution in [0.4, 0.5) is 0 Å². The molecule has 3 rings (SSSR count). The topological polar surface area (TPSA) is 71.0 Å². The monoisotopic (exact) mass is 259 g/mol. The summed E-state index contributed by atoms with van der Waals surface area (Å²) in [6.45, 7) is 2.68. The number of carbonyl (C=O) groups excluding carboxylic acids is 2. The molecule has 0 aliphatic carbocycles. The minimum Gasteiger partial charge on any atom is -0.460 e. The summed E-state index contributed by atoms with van der Waals surface area (Å²) in [6.07, 6.45) is 5.45. The van der Waals surface area contributed by atoms with Crippen molar-refractivity contribution in [2.45, 2.75) is 13.3 Å². The zero-order chi connectivity index (χ0) is 13.4. The van der Waals surface area contributed by atoms with Crippen molar-refractivity contribution in [3.8, 4) is 0 Å². The van der Waals surface area contributed by atoms with Gasteiger partial charge in [0.2, 0.25) is 11.7 Å². The fraction of sp³-hybridized carbons (Fsp3) is 0.308. The number of ether oxygens (including phenoxy) is 1. The van der Waals surface area contributed by atoms with Crippen LogP contribution in [-0.4, -0.2) is 35.8 Å². The number of nitrogens with zero attached hydrogens (tertiary/aromatic N) is 2. The number of hydrogen-bond acceptors (Lipinski definition) is 5. The molecule has 3 aliphatic heterocycles. The molecule has 1 N–H and O–H groups in total. The van der Waals surface area contributed by atoms with Gasteiger partial charge in [0.15, 0.2) is 0 Å². The van der Waals surface area contributed by atoms with Gasteiger partial charge in [-0.25, -0.2) is 9.79 Å². The molecular formula is C13H13N3O3. The van der Waals surface area contributed by atoms with Gasteiger partial charge in [-0.3, -0.25) is 4.79 Å². The molecule has 0 aromatic carbocycles. The number of nitrogens with one attached hydrogen (secondary N) is 1. The van der Waals surface area contributed by atoms with Gasteiger partial charge in [-0.05, 0) is 13.0 Å². The highest BCUT2D eigenvalue weighted by Gasteiger charge is 2.35. The van der Waals surface area contributed by atoms with E-state index in [1.54, 1.807) is 24.1 Å². The van der Waals surface area contributed by atoms with E-state index >= 15 is 0 Å². The molecule has 0 aromatic heterocycles. The van der Waals surface area contributed by atoms with Crippen LogP contribution >= 0.6 is 0 Å². The van der Waals surface area contributed by atoms with Gasteiger partial charge < -0.3 is 15.0 Å². The molecule has 0 aromatic rings. The van der Waals surface area contributed by atoms with Crippen LogP contribution in [0, 0.1) is 0 Å². The SMILES string of the molecule is CCOC(=O)C1=NC=C2C=CC(=O)NC3=C2N1CC3. The first kappa shape index (κ1) is 11.7. The van der Waals surface area contributed by atoms with Crippen molar-refractivity contribution in [3.05, 3.63) is 35.3 Å². The first-order valence-electron chi connectivity index (χ1n) is 6.16. The van der Waals surface area contributed by atoms with Gasteiger partial charge >= 0.3 is 5.97 Å². The normalized spacial score (nSPS) is 20.5. The van der Waals surface area contributed by atoms with Gasteiger partial charge in [0.25, 0.3) is 0 Å². The van der Waals surface area contributed by atoms with Crippen LogP contribution in [0.1, 0.15) is 13.3 Å². The fourth-order valence-electron chi connectivity index (χ4n) is 2.38. The molecule has 3 heterocycles. The van der Waals surface area contributed by atoms with Crippen LogP contribution in [0.25, 0.3) is 0 Å². The summed E-state index contributed by atoms with van der Waals surface area (Å²) < 4.78 is 5.00. The van der Waals surface area contributed by atoms with E-state index in [1.165, 1.54) is 6.08 Å². The van der Waals surface area contributed by atoms with Gasteiger partial charge in [-0.2, -0.15) is 0 Å². The van der Waals surface area contributed by atoms with Gasteiger partial charge in [0.05, 0.1) is 12.3 Å². The highest BCUT2D eigenvalue weighted by molar-refractivity contribution is 6.36. The van der Waals surface area contributed by atoms with Gasteiger partial charge in [-0.15, -0.1) is 0 Å². The van der Waals surface area contributed by atoms with E-state index < -0.39 is 5.97 Å². The van der Waals surface area contributed by atoms with E-state index in [1.807, 2.05) is 0 Å². The van der Waals surface area contributed by atoms with Crippen molar-refractivity contribution in [2.24, 2.45) is 4.99 Å². The molecular weight excluding hydrogens is 246 g/mol. The Kier molecular flexibility index (Phi) is 2.70. The molecule has 1 amide bonds. The highest BCUT2D eigenvalue weighted by Crippen LogP contribution is 2.32. The molecule has 6 heteroatoms. The van der Waals surface area contributed by atoms with E-state index in [-0.39, 0.29) is 11.7 Å². The van der Waals surface area contributed by atoms with E-state index in [0.29, 0.717) is 19.6 Å². The van der Waals surface area contributed by atoms with Crippen molar-refractivity contribution in [2.75, 3.05) is 13.2 Å². The summed E-state index contributed by atoms with van der Waals surface area (Å²) >= 11 is 0. The van der Waals surface area contributed by atoms with Crippen molar-refractivity contribution in [1.29, 1.82) is 0 Å². The third-order valence-electron chi connectivity index (χ3n) is 3.14. The molecule has 0 bridgehead atoms. The molecule has 0 atom stereocenters. The average Bonchev–Trinajstić information content (AvgIpc) is 2.72. The lowest BCUT2D eigenvalue weighted by Crippen LogP contribution is -2.37. The maximum Gasteiger partial charge on any atom is 0.374 e. The maximum atomic E-state index is 11.9. The van der Waals surface area contributed by atoms with Crippen LogP contribution in [-0.2, 0) is 14.3 Å². The predicted molar refractivity (Wildman–Crippen MR) is 67.8 cm³/mol. The van der Waals surface area contributed by atoms with Crippen LogP contribution in [0.2, 0.25) is 0 Å². The van der Waals surface area contributed by atoms with E-state index in [4.69, 9.17) is 4.74 Å². The van der Waals surface area contributed by atoms with Crippen LogP contribution in [0.3, 0.4) is 0 Å². The molecule has 98 valence electrons. The summed E-state index contributed by atoms with van der Waals surface area (Å²) in [5, 5.41) is 2.83. The Labute approximate surface area is 110 Å². The molecule has 6 nitrogen and oxygen atoms in total. The average molecular weight is 259 g/mol. The Morgan fingerprint density at radius 2 is 2.37 bits per heavy atom.